The van der Waals surface area contributed by atoms with Crippen LogP contribution in [-0.4, -0.2) is 26.2 Å². The second-order valence-corrected chi connectivity index (χ2v) is 4.97. The molecule has 0 fully saturated rings. The maximum Gasteiger partial charge on any atom is 0.414 e. The maximum atomic E-state index is 13.2. The van der Waals surface area contributed by atoms with Crippen molar-refractivity contribution in [3.63, 3.8) is 0 Å². The number of alkyl halides is 3. The van der Waals surface area contributed by atoms with E-state index in [4.69, 9.17) is 0 Å². The lowest BCUT2D eigenvalue weighted by molar-refractivity contribution is -0.156. The molecule has 0 spiro atoms. The number of aromatic nitrogens is 3. The minimum Gasteiger partial charge on any atom is -0.334 e. The Morgan fingerprint density at radius 1 is 1.21 bits per heavy atom. The third kappa shape index (κ3) is 3.36. The number of pyridine rings is 1. The lowest BCUT2D eigenvalue weighted by Gasteiger charge is -2.21. The molecule has 2 aromatic heterocycles. The Kier molecular flexibility index (Phi) is 4.58. The number of hydrogen-bond donors (Lipinski definition) is 1. The van der Waals surface area contributed by atoms with Crippen LogP contribution in [0.3, 0.4) is 0 Å². The molecule has 2 heterocycles. The number of nitrogens with one attached hydrogen (secondary N) is 1. The largest absolute Gasteiger partial charge is 0.414 e. The van der Waals surface area contributed by atoms with E-state index in [1.165, 1.54) is 26.2 Å². The SMILES string of the molecule is Cn1c(C(=O)N[C@H](c2ccccn2)C(F)(F)F)cc(=O)n(C)c1=O. The molecule has 0 aliphatic heterocycles. The van der Waals surface area contributed by atoms with Gasteiger partial charge in [0.1, 0.15) is 5.69 Å². The van der Waals surface area contributed by atoms with Crippen molar-refractivity contribution in [2.45, 2.75) is 12.2 Å². The fraction of sp³-hybridized carbons (Fsp3) is 0.286. The van der Waals surface area contributed by atoms with E-state index in [0.29, 0.717) is 0 Å². The molecule has 0 radical (unpaired) electrons. The summed E-state index contributed by atoms with van der Waals surface area (Å²) in [7, 11) is 2.37. The summed E-state index contributed by atoms with van der Waals surface area (Å²) in [4.78, 5) is 39.1. The number of amides is 1. The second kappa shape index (κ2) is 6.30. The van der Waals surface area contributed by atoms with E-state index in [1.54, 1.807) is 5.32 Å². The molecule has 1 amide bonds. The van der Waals surface area contributed by atoms with E-state index in [1.807, 2.05) is 0 Å². The van der Waals surface area contributed by atoms with Gasteiger partial charge in [0, 0.05) is 26.4 Å². The van der Waals surface area contributed by atoms with Crippen molar-refractivity contribution in [2.75, 3.05) is 0 Å². The van der Waals surface area contributed by atoms with Crippen molar-refractivity contribution in [3.05, 3.63) is 62.7 Å². The Labute approximate surface area is 133 Å². The van der Waals surface area contributed by atoms with Crippen LogP contribution in [0.2, 0.25) is 0 Å². The molecular weight excluding hydrogens is 329 g/mol. The monoisotopic (exact) mass is 342 g/mol. The van der Waals surface area contributed by atoms with E-state index >= 15 is 0 Å². The first-order chi connectivity index (χ1) is 11.1. The molecule has 1 atom stereocenters. The zero-order valence-corrected chi connectivity index (χ0v) is 12.7. The summed E-state index contributed by atoms with van der Waals surface area (Å²) in [6.07, 6.45) is -3.64. The van der Waals surface area contributed by atoms with Crippen molar-refractivity contribution >= 4 is 5.91 Å². The van der Waals surface area contributed by atoms with Gasteiger partial charge in [-0.1, -0.05) is 6.07 Å². The van der Waals surface area contributed by atoms with Gasteiger partial charge >= 0.3 is 11.9 Å². The molecular formula is C14H13F3N4O3. The lowest BCUT2D eigenvalue weighted by atomic mass is 10.1. The number of carbonyl (C=O) groups excluding carboxylic acids is 1. The van der Waals surface area contributed by atoms with Crippen LogP contribution in [0.25, 0.3) is 0 Å². The van der Waals surface area contributed by atoms with Gasteiger partial charge in [-0.05, 0) is 12.1 Å². The minimum absolute atomic E-state index is 0.410. The van der Waals surface area contributed by atoms with E-state index < -0.39 is 40.8 Å². The molecule has 0 bridgehead atoms. The molecule has 0 aliphatic carbocycles. The molecule has 1 N–H and O–H groups in total. The van der Waals surface area contributed by atoms with E-state index in [0.717, 1.165) is 27.5 Å². The highest BCUT2D eigenvalue weighted by atomic mass is 19.4. The Balaban J connectivity index is 2.43. The predicted octanol–water partition coefficient (Wildman–Crippen LogP) is 0.512. The van der Waals surface area contributed by atoms with Crippen molar-refractivity contribution < 1.29 is 18.0 Å². The number of nitrogens with zero attached hydrogens (tertiary/aromatic N) is 3. The quantitative estimate of drug-likeness (QED) is 0.881. The summed E-state index contributed by atoms with van der Waals surface area (Å²) in [6.45, 7) is 0. The molecule has 7 nitrogen and oxygen atoms in total. The van der Waals surface area contributed by atoms with Crippen LogP contribution >= 0.6 is 0 Å². The van der Waals surface area contributed by atoms with Crippen molar-refractivity contribution in [3.8, 4) is 0 Å². The third-order valence-electron chi connectivity index (χ3n) is 3.34. The van der Waals surface area contributed by atoms with Crippen LogP contribution in [0.1, 0.15) is 22.2 Å². The van der Waals surface area contributed by atoms with Gasteiger partial charge in [-0.25, -0.2) is 4.79 Å². The van der Waals surface area contributed by atoms with Gasteiger partial charge in [0.25, 0.3) is 11.5 Å². The molecule has 10 heteroatoms. The molecule has 2 rings (SSSR count). The van der Waals surface area contributed by atoms with Crippen molar-refractivity contribution in [2.24, 2.45) is 14.1 Å². The maximum absolute atomic E-state index is 13.2. The van der Waals surface area contributed by atoms with E-state index in [9.17, 15) is 27.6 Å². The average Bonchev–Trinajstić information content (AvgIpc) is 2.53. The number of carbonyl (C=O) groups is 1. The van der Waals surface area contributed by atoms with Crippen molar-refractivity contribution in [1.29, 1.82) is 0 Å². The van der Waals surface area contributed by atoms with Gasteiger partial charge in [0.2, 0.25) is 0 Å². The summed E-state index contributed by atoms with van der Waals surface area (Å²) >= 11 is 0. The summed E-state index contributed by atoms with van der Waals surface area (Å²) in [5, 5.41) is 1.77. The average molecular weight is 342 g/mol. The fourth-order valence-electron chi connectivity index (χ4n) is 2.03. The highest BCUT2D eigenvalue weighted by Gasteiger charge is 2.43. The third-order valence-corrected chi connectivity index (χ3v) is 3.34. The topological polar surface area (TPSA) is 86.0 Å². The van der Waals surface area contributed by atoms with E-state index in [-0.39, 0.29) is 0 Å². The van der Waals surface area contributed by atoms with Crippen LogP contribution in [0.4, 0.5) is 13.2 Å². The Hall–Kier alpha value is -2.91. The first-order valence-electron chi connectivity index (χ1n) is 6.68. The Bertz CT molecular complexity index is 872. The van der Waals surface area contributed by atoms with Gasteiger partial charge in [-0.15, -0.1) is 0 Å². The summed E-state index contributed by atoms with van der Waals surface area (Å²) in [5.74, 6) is -1.21. The number of halogens is 3. The standard InChI is InChI=1S/C14H13F3N4O3/c1-20-9(7-10(22)21(2)13(20)24)12(23)19-11(14(15,16)17)8-5-3-4-6-18-8/h3-7,11H,1-2H3,(H,19,23)/t11-/m1/s1. The lowest BCUT2D eigenvalue weighted by Crippen LogP contribution is -2.44. The molecule has 0 saturated carbocycles. The first-order valence-corrected chi connectivity index (χ1v) is 6.68. The molecule has 0 aliphatic rings. The molecule has 0 saturated heterocycles. The normalized spacial score (nSPS) is 12.7. The second-order valence-electron chi connectivity index (χ2n) is 4.97. The molecule has 2 aromatic rings. The molecule has 0 unspecified atom stereocenters. The van der Waals surface area contributed by atoms with E-state index in [2.05, 4.69) is 4.98 Å². The molecule has 128 valence electrons. The highest BCUT2D eigenvalue weighted by Crippen LogP contribution is 2.31. The summed E-state index contributed by atoms with van der Waals surface area (Å²) in [6, 6.07) is 2.32. The van der Waals surface area contributed by atoms with Gasteiger partial charge in [0.05, 0.1) is 5.69 Å². The Morgan fingerprint density at radius 2 is 1.88 bits per heavy atom. The van der Waals surface area contributed by atoms with Gasteiger partial charge < -0.3 is 5.32 Å². The van der Waals surface area contributed by atoms with Gasteiger partial charge in [-0.2, -0.15) is 13.2 Å². The fourth-order valence-corrected chi connectivity index (χ4v) is 2.03. The van der Waals surface area contributed by atoms with Crippen LogP contribution in [0.15, 0.2) is 40.1 Å². The summed E-state index contributed by atoms with van der Waals surface area (Å²) in [5.41, 5.74) is -2.51. The number of rotatable bonds is 3. The van der Waals surface area contributed by atoms with Crippen LogP contribution < -0.4 is 16.6 Å². The minimum atomic E-state index is -4.80. The zero-order valence-electron chi connectivity index (χ0n) is 12.7. The first kappa shape index (κ1) is 17.4. The number of hydrogen-bond acceptors (Lipinski definition) is 4. The predicted molar refractivity (Wildman–Crippen MR) is 77.4 cm³/mol. The van der Waals surface area contributed by atoms with Gasteiger partial charge in [0.15, 0.2) is 6.04 Å². The van der Waals surface area contributed by atoms with Crippen molar-refractivity contribution in [1.82, 2.24) is 19.4 Å². The van der Waals surface area contributed by atoms with Crippen LogP contribution in [-0.2, 0) is 14.1 Å². The smallest absolute Gasteiger partial charge is 0.334 e. The molecule has 24 heavy (non-hydrogen) atoms. The zero-order chi connectivity index (χ0) is 18.1. The van der Waals surface area contributed by atoms with Crippen LogP contribution in [0.5, 0.6) is 0 Å². The summed E-state index contributed by atoms with van der Waals surface area (Å²) < 4.78 is 41.2. The van der Waals surface area contributed by atoms with Gasteiger partial charge in [-0.3, -0.25) is 23.7 Å². The van der Waals surface area contributed by atoms with Crippen LogP contribution in [0, 0.1) is 0 Å². The highest BCUT2D eigenvalue weighted by molar-refractivity contribution is 5.92. The Morgan fingerprint density at radius 3 is 2.42 bits per heavy atom. The molecule has 0 aromatic carbocycles.